The van der Waals surface area contributed by atoms with Gasteiger partial charge in [-0.2, -0.15) is 0 Å². The predicted octanol–water partition coefficient (Wildman–Crippen LogP) is 6.38. The molecule has 0 aromatic heterocycles. The lowest BCUT2D eigenvalue weighted by molar-refractivity contribution is -0.182. The number of carboxylic acid groups (broad SMARTS) is 1. The summed E-state index contributed by atoms with van der Waals surface area (Å²) in [6.45, 7) is 1.77. The van der Waals surface area contributed by atoms with Crippen molar-refractivity contribution in [1.82, 2.24) is 4.90 Å². The maximum atomic E-state index is 13.9. The number of hydrogen-bond donors (Lipinski definition) is 1. The SMILES string of the molecule is CC[C@@H](CS(=O)(=O)c1ccccc1Cl)N1C(=O)[C@@H](CC(=O)O)O[C@H](c2cccc(Cl)c2)[C@H]1c1ccc(Cl)cc1. The Morgan fingerprint density at radius 1 is 0.974 bits per heavy atom. The predicted molar refractivity (Wildman–Crippen MR) is 150 cm³/mol. The number of nitrogens with zero attached hydrogens (tertiary/aromatic N) is 1. The van der Waals surface area contributed by atoms with Crippen molar-refractivity contribution in [3.05, 3.63) is 99.0 Å². The number of halogens is 3. The third kappa shape index (κ3) is 6.58. The molecule has 0 aliphatic carbocycles. The van der Waals surface area contributed by atoms with Gasteiger partial charge in [0.15, 0.2) is 9.84 Å². The summed E-state index contributed by atoms with van der Waals surface area (Å²) in [6, 6.07) is 18.2. The highest BCUT2D eigenvalue weighted by Gasteiger charge is 2.48. The second-order valence-electron chi connectivity index (χ2n) is 9.21. The molecule has 1 fully saturated rings. The number of hydrogen-bond acceptors (Lipinski definition) is 5. The third-order valence-electron chi connectivity index (χ3n) is 6.62. The van der Waals surface area contributed by atoms with Crippen LogP contribution < -0.4 is 0 Å². The maximum absolute atomic E-state index is 13.9. The molecule has 4 atom stereocenters. The summed E-state index contributed by atoms with van der Waals surface area (Å²) in [4.78, 5) is 27.0. The van der Waals surface area contributed by atoms with Gasteiger partial charge < -0.3 is 14.7 Å². The van der Waals surface area contributed by atoms with E-state index in [2.05, 4.69) is 0 Å². The molecular formula is C28H26Cl3NO6S. The first kappa shape index (κ1) is 29.4. The van der Waals surface area contributed by atoms with Gasteiger partial charge in [0, 0.05) is 16.1 Å². The summed E-state index contributed by atoms with van der Waals surface area (Å²) in [7, 11) is -3.94. The Labute approximate surface area is 242 Å². The van der Waals surface area contributed by atoms with Gasteiger partial charge in [-0.15, -0.1) is 0 Å². The Balaban J connectivity index is 1.87. The van der Waals surface area contributed by atoms with E-state index < -0.39 is 58.2 Å². The van der Waals surface area contributed by atoms with Crippen LogP contribution in [0, 0.1) is 0 Å². The molecule has 0 saturated carbocycles. The lowest BCUT2D eigenvalue weighted by Gasteiger charge is -2.48. The number of carbonyl (C=O) groups excluding carboxylic acids is 1. The van der Waals surface area contributed by atoms with E-state index in [4.69, 9.17) is 39.5 Å². The fourth-order valence-electron chi connectivity index (χ4n) is 4.83. The van der Waals surface area contributed by atoms with E-state index in [1.54, 1.807) is 67.6 Å². The number of carbonyl (C=O) groups is 2. The Bertz CT molecular complexity index is 1460. The van der Waals surface area contributed by atoms with Crippen LogP contribution in [0.4, 0.5) is 0 Å². The van der Waals surface area contributed by atoms with Crippen LogP contribution >= 0.6 is 34.8 Å². The van der Waals surface area contributed by atoms with E-state index in [-0.39, 0.29) is 16.3 Å². The van der Waals surface area contributed by atoms with Crippen LogP contribution in [0.3, 0.4) is 0 Å². The van der Waals surface area contributed by atoms with Crippen LogP contribution in [0.2, 0.25) is 15.1 Å². The largest absolute Gasteiger partial charge is 0.481 e. The fraction of sp³-hybridized carbons (Fsp3) is 0.286. The molecule has 0 bridgehead atoms. The smallest absolute Gasteiger partial charge is 0.306 e. The molecule has 0 radical (unpaired) electrons. The third-order valence-corrected chi connectivity index (χ3v) is 9.40. The molecular weight excluding hydrogens is 585 g/mol. The quantitative estimate of drug-likeness (QED) is 0.302. The lowest BCUT2D eigenvalue weighted by atomic mass is 9.89. The summed E-state index contributed by atoms with van der Waals surface area (Å²) in [5, 5.41) is 10.5. The second-order valence-corrected chi connectivity index (χ2v) is 12.5. The van der Waals surface area contributed by atoms with Crippen molar-refractivity contribution in [3.63, 3.8) is 0 Å². The maximum Gasteiger partial charge on any atom is 0.306 e. The van der Waals surface area contributed by atoms with Crippen LogP contribution in [-0.2, 0) is 24.2 Å². The first-order chi connectivity index (χ1) is 18.5. The zero-order valence-electron chi connectivity index (χ0n) is 20.8. The zero-order chi connectivity index (χ0) is 28.3. The van der Waals surface area contributed by atoms with Gasteiger partial charge in [0.05, 0.1) is 28.1 Å². The Hall–Kier alpha value is -2.62. The summed E-state index contributed by atoms with van der Waals surface area (Å²) >= 11 is 18.6. The summed E-state index contributed by atoms with van der Waals surface area (Å²) < 4.78 is 33.2. The van der Waals surface area contributed by atoms with Gasteiger partial charge in [-0.3, -0.25) is 9.59 Å². The molecule has 3 aromatic rings. The van der Waals surface area contributed by atoms with Crippen molar-refractivity contribution >= 4 is 56.5 Å². The molecule has 11 heteroatoms. The van der Waals surface area contributed by atoms with E-state index in [0.29, 0.717) is 21.2 Å². The number of sulfone groups is 1. The van der Waals surface area contributed by atoms with Crippen LogP contribution in [0.15, 0.2) is 77.7 Å². The minimum Gasteiger partial charge on any atom is -0.481 e. The van der Waals surface area contributed by atoms with Crippen molar-refractivity contribution in [2.24, 2.45) is 0 Å². The molecule has 4 rings (SSSR count). The Morgan fingerprint density at radius 3 is 2.28 bits per heavy atom. The summed E-state index contributed by atoms with van der Waals surface area (Å²) in [5.41, 5.74) is 1.25. The molecule has 206 valence electrons. The molecule has 1 saturated heterocycles. The van der Waals surface area contributed by atoms with E-state index in [9.17, 15) is 23.1 Å². The van der Waals surface area contributed by atoms with Crippen molar-refractivity contribution < 1.29 is 27.9 Å². The van der Waals surface area contributed by atoms with Gasteiger partial charge in [0.1, 0.15) is 12.2 Å². The number of amides is 1. The van der Waals surface area contributed by atoms with Crippen LogP contribution in [0.5, 0.6) is 0 Å². The number of rotatable bonds is 9. The monoisotopic (exact) mass is 609 g/mol. The molecule has 1 N–H and O–H groups in total. The number of morpholine rings is 1. The lowest BCUT2D eigenvalue weighted by Crippen LogP contribution is -2.56. The topological polar surface area (TPSA) is 101 Å². The zero-order valence-corrected chi connectivity index (χ0v) is 23.9. The van der Waals surface area contributed by atoms with E-state index in [1.165, 1.54) is 17.0 Å². The van der Waals surface area contributed by atoms with E-state index >= 15 is 0 Å². The van der Waals surface area contributed by atoms with Crippen molar-refractivity contribution in [2.45, 2.75) is 49.0 Å². The highest BCUT2D eigenvalue weighted by Crippen LogP contribution is 2.45. The molecule has 7 nitrogen and oxygen atoms in total. The highest BCUT2D eigenvalue weighted by molar-refractivity contribution is 7.91. The van der Waals surface area contributed by atoms with Crippen LogP contribution in [0.25, 0.3) is 0 Å². The highest BCUT2D eigenvalue weighted by atomic mass is 35.5. The number of aliphatic carboxylic acids is 1. The minimum atomic E-state index is -3.94. The van der Waals surface area contributed by atoms with E-state index in [1.807, 2.05) is 0 Å². The molecule has 0 unspecified atom stereocenters. The molecule has 1 aliphatic heterocycles. The average molecular weight is 611 g/mol. The molecule has 0 spiro atoms. The summed E-state index contributed by atoms with van der Waals surface area (Å²) in [6.07, 6.45) is -2.51. The van der Waals surface area contributed by atoms with Gasteiger partial charge in [-0.1, -0.05) is 78.1 Å². The van der Waals surface area contributed by atoms with Gasteiger partial charge >= 0.3 is 5.97 Å². The fourth-order valence-corrected chi connectivity index (χ4v) is 7.38. The molecule has 3 aromatic carbocycles. The van der Waals surface area contributed by atoms with E-state index in [0.717, 1.165) is 0 Å². The number of carboxylic acids is 1. The van der Waals surface area contributed by atoms with Crippen molar-refractivity contribution in [3.8, 4) is 0 Å². The molecule has 39 heavy (non-hydrogen) atoms. The standard InChI is InChI=1S/C28H26Cl3NO6S/c1-2-21(16-39(36,37)24-9-4-3-8-22(24)31)32-26(17-10-12-19(29)13-11-17)27(18-6-5-7-20(30)14-18)38-23(28(32)35)15-25(33)34/h3-14,21,23,26-27H,2,15-16H2,1H3,(H,33,34)/t21-,23+,26+,27+/m0/s1. The molecule has 1 amide bonds. The molecule has 1 aliphatic rings. The Kier molecular flexibility index (Phi) is 9.24. The van der Waals surface area contributed by atoms with Gasteiger partial charge in [0.25, 0.3) is 5.91 Å². The summed E-state index contributed by atoms with van der Waals surface area (Å²) in [5.74, 6) is -2.26. The van der Waals surface area contributed by atoms with Crippen molar-refractivity contribution in [2.75, 3.05) is 5.75 Å². The van der Waals surface area contributed by atoms with Crippen LogP contribution in [0.1, 0.15) is 43.0 Å². The first-order valence-electron chi connectivity index (χ1n) is 12.2. The minimum absolute atomic E-state index is 0.0395. The van der Waals surface area contributed by atoms with Gasteiger partial charge in [0.2, 0.25) is 0 Å². The Morgan fingerprint density at radius 2 is 1.67 bits per heavy atom. The molecule has 1 heterocycles. The number of benzene rings is 3. The number of ether oxygens (including phenoxy) is 1. The normalized spacial score (nSPS) is 20.6. The average Bonchev–Trinajstić information content (AvgIpc) is 2.89. The second kappa shape index (κ2) is 12.3. The van der Waals surface area contributed by atoms with Gasteiger partial charge in [-0.05, 0) is 53.9 Å². The first-order valence-corrected chi connectivity index (χ1v) is 15.0. The van der Waals surface area contributed by atoms with Crippen molar-refractivity contribution in [1.29, 1.82) is 0 Å². The van der Waals surface area contributed by atoms with Gasteiger partial charge in [-0.25, -0.2) is 8.42 Å². The van der Waals surface area contributed by atoms with Crippen LogP contribution in [-0.4, -0.2) is 48.2 Å².